The number of aromatic nitrogens is 4. The Morgan fingerprint density at radius 2 is 1.82 bits per heavy atom. The van der Waals surface area contributed by atoms with Gasteiger partial charge in [0.25, 0.3) is 0 Å². The number of hydrogen-bond donors (Lipinski definition) is 0. The molecule has 4 nitrogen and oxygen atoms in total. The van der Waals surface area contributed by atoms with Gasteiger partial charge in [-0.1, -0.05) is 23.4 Å². The van der Waals surface area contributed by atoms with Crippen molar-refractivity contribution < 1.29 is 0 Å². The van der Waals surface area contributed by atoms with E-state index in [1.807, 2.05) is 19.9 Å². The summed E-state index contributed by atoms with van der Waals surface area (Å²) >= 11 is 7.21. The summed E-state index contributed by atoms with van der Waals surface area (Å²) in [6, 6.07) is 1.95. The van der Waals surface area contributed by atoms with Crippen molar-refractivity contribution in [2.75, 3.05) is 0 Å². The van der Waals surface area contributed by atoms with Crippen LogP contribution in [-0.2, 0) is 5.75 Å². The van der Waals surface area contributed by atoms with Crippen molar-refractivity contribution in [1.82, 2.24) is 19.9 Å². The first-order chi connectivity index (χ1) is 8.13. The average Bonchev–Trinajstić information content (AvgIpc) is 2.27. The maximum Gasteiger partial charge on any atom is 0.188 e. The quantitative estimate of drug-likeness (QED) is 0.632. The lowest BCUT2D eigenvalue weighted by Crippen LogP contribution is -1.94. The Morgan fingerprint density at radius 1 is 1.12 bits per heavy atom. The highest BCUT2D eigenvalue weighted by Crippen LogP contribution is 2.18. The minimum Gasteiger partial charge on any atom is -0.256 e. The van der Waals surface area contributed by atoms with E-state index in [9.17, 15) is 0 Å². The standard InChI is InChI=1S/C11H11ClN4S/c1-7-3-8(2)16-11(15-7)17-6-9-4-14-10(12)5-13-9/h3-5H,6H2,1-2H3. The van der Waals surface area contributed by atoms with Gasteiger partial charge in [-0.25, -0.2) is 15.0 Å². The highest BCUT2D eigenvalue weighted by Gasteiger charge is 2.02. The molecule has 0 aliphatic rings. The van der Waals surface area contributed by atoms with Crippen molar-refractivity contribution in [3.05, 3.63) is 40.7 Å². The molecule has 0 radical (unpaired) electrons. The van der Waals surface area contributed by atoms with E-state index in [0.29, 0.717) is 10.9 Å². The summed E-state index contributed by atoms with van der Waals surface area (Å²) in [6.07, 6.45) is 3.21. The molecule has 0 spiro atoms. The van der Waals surface area contributed by atoms with Crippen molar-refractivity contribution in [1.29, 1.82) is 0 Å². The number of thioether (sulfide) groups is 1. The fraction of sp³-hybridized carbons (Fsp3) is 0.273. The Bertz CT molecular complexity index is 495. The van der Waals surface area contributed by atoms with Crippen LogP contribution in [0.3, 0.4) is 0 Å². The van der Waals surface area contributed by atoms with Gasteiger partial charge in [-0.3, -0.25) is 4.98 Å². The van der Waals surface area contributed by atoms with Crippen LogP contribution in [0.2, 0.25) is 5.15 Å². The highest BCUT2D eigenvalue weighted by molar-refractivity contribution is 7.98. The lowest BCUT2D eigenvalue weighted by Gasteiger charge is -2.02. The molecule has 88 valence electrons. The Morgan fingerprint density at radius 3 is 2.41 bits per heavy atom. The minimum absolute atomic E-state index is 0.404. The van der Waals surface area contributed by atoms with Crippen LogP contribution in [0.1, 0.15) is 17.1 Å². The second kappa shape index (κ2) is 5.42. The summed E-state index contributed by atoms with van der Waals surface area (Å²) in [5.41, 5.74) is 2.81. The molecule has 0 aromatic carbocycles. The molecule has 17 heavy (non-hydrogen) atoms. The van der Waals surface area contributed by atoms with Gasteiger partial charge in [0, 0.05) is 17.1 Å². The van der Waals surface area contributed by atoms with Crippen LogP contribution in [0.15, 0.2) is 23.6 Å². The molecule has 0 N–H and O–H groups in total. The Hall–Kier alpha value is -1.20. The van der Waals surface area contributed by atoms with Gasteiger partial charge in [0.05, 0.1) is 18.1 Å². The highest BCUT2D eigenvalue weighted by atomic mass is 35.5. The fourth-order valence-corrected chi connectivity index (χ4v) is 2.25. The summed E-state index contributed by atoms with van der Waals surface area (Å²) in [5.74, 6) is 0.688. The van der Waals surface area contributed by atoms with Crippen molar-refractivity contribution in [3.8, 4) is 0 Å². The lowest BCUT2D eigenvalue weighted by molar-refractivity contribution is 0.900. The molecule has 0 atom stereocenters. The monoisotopic (exact) mass is 266 g/mol. The fourth-order valence-electron chi connectivity index (χ4n) is 1.31. The van der Waals surface area contributed by atoms with Crippen LogP contribution >= 0.6 is 23.4 Å². The van der Waals surface area contributed by atoms with Gasteiger partial charge in [-0.05, 0) is 19.9 Å². The largest absolute Gasteiger partial charge is 0.256 e. The molecule has 0 bridgehead atoms. The van der Waals surface area contributed by atoms with Gasteiger partial charge in [-0.15, -0.1) is 0 Å². The van der Waals surface area contributed by atoms with Crippen molar-refractivity contribution in [2.24, 2.45) is 0 Å². The Labute approximate surface area is 109 Å². The van der Waals surface area contributed by atoms with Gasteiger partial charge in [0.1, 0.15) is 5.15 Å². The van der Waals surface area contributed by atoms with Gasteiger partial charge in [-0.2, -0.15) is 0 Å². The normalized spacial score (nSPS) is 10.5. The molecule has 2 heterocycles. The topological polar surface area (TPSA) is 51.6 Å². The number of rotatable bonds is 3. The number of aryl methyl sites for hydroxylation is 2. The van der Waals surface area contributed by atoms with E-state index in [0.717, 1.165) is 22.2 Å². The summed E-state index contributed by atoms with van der Waals surface area (Å²) in [7, 11) is 0. The van der Waals surface area contributed by atoms with E-state index >= 15 is 0 Å². The van der Waals surface area contributed by atoms with Crippen molar-refractivity contribution in [3.63, 3.8) is 0 Å². The predicted octanol–water partition coefficient (Wildman–Crippen LogP) is 2.83. The Kier molecular flexibility index (Phi) is 3.91. The number of halogens is 1. The van der Waals surface area contributed by atoms with Gasteiger partial charge >= 0.3 is 0 Å². The summed E-state index contributed by atoms with van der Waals surface area (Å²) in [4.78, 5) is 16.8. The second-order valence-electron chi connectivity index (χ2n) is 3.55. The molecule has 2 aromatic heterocycles. The third kappa shape index (κ3) is 3.64. The van der Waals surface area contributed by atoms with Gasteiger partial charge in [0.2, 0.25) is 0 Å². The molecule has 2 aromatic rings. The molecular weight excluding hydrogens is 256 g/mol. The van der Waals surface area contributed by atoms with E-state index in [2.05, 4.69) is 19.9 Å². The third-order valence-electron chi connectivity index (χ3n) is 1.98. The van der Waals surface area contributed by atoms with E-state index < -0.39 is 0 Å². The third-order valence-corrected chi connectivity index (χ3v) is 3.06. The zero-order valence-corrected chi connectivity index (χ0v) is 11.1. The maximum atomic E-state index is 5.67. The van der Waals surface area contributed by atoms with E-state index in [1.165, 1.54) is 11.8 Å². The van der Waals surface area contributed by atoms with Crippen molar-refractivity contribution in [2.45, 2.75) is 24.8 Å². The Balaban J connectivity index is 2.04. The van der Waals surface area contributed by atoms with Crippen molar-refractivity contribution >= 4 is 23.4 Å². The van der Waals surface area contributed by atoms with Gasteiger partial charge in [0.15, 0.2) is 5.16 Å². The van der Waals surface area contributed by atoms with Crippen LogP contribution < -0.4 is 0 Å². The summed E-state index contributed by atoms with van der Waals surface area (Å²) < 4.78 is 0. The molecule has 2 rings (SSSR count). The predicted molar refractivity (Wildman–Crippen MR) is 68.1 cm³/mol. The average molecular weight is 267 g/mol. The first-order valence-corrected chi connectivity index (χ1v) is 6.41. The molecule has 0 aliphatic heterocycles. The van der Waals surface area contributed by atoms with Crippen LogP contribution in [-0.4, -0.2) is 19.9 Å². The summed E-state index contributed by atoms with van der Waals surface area (Å²) in [6.45, 7) is 3.92. The molecular formula is C11H11ClN4S. The SMILES string of the molecule is Cc1cc(C)nc(SCc2cnc(Cl)cn2)n1. The minimum atomic E-state index is 0.404. The zero-order chi connectivity index (χ0) is 12.3. The molecule has 6 heteroatoms. The second-order valence-corrected chi connectivity index (χ2v) is 4.88. The van der Waals surface area contributed by atoms with Crippen LogP contribution in [0.5, 0.6) is 0 Å². The molecule has 0 saturated heterocycles. The van der Waals surface area contributed by atoms with Crippen LogP contribution in [0, 0.1) is 13.8 Å². The first-order valence-electron chi connectivity index (χ1n) is 5.05. The van der Waals surface area contributed by atoms with Crippen LogP contribution in [0.4, 0.5) is 0 Å². The molecule has 0 saturated carbocycles. The maximum absolute atomic E-state index is 5.67. The first kappa shape index (κ1) is 12.3. The van der Waals surface area contributed by atoms with Gasteiger partial charge < -0.3 is 0 Å². The lowest BCUT2D eigenvalue weighted by atomic mass is 10.4. The van der Waals surface area contributed by atoms with Crippen LogP contribution in [0.25, 0.3) is 0 Å². The smallest absolute Gasteiger partial charge is 0.188 e. The molecule has 0 amide bonds. The van der Waals surface area contributed by atoms with E-state index in [4.69, 9.17) is 11.6 Å². The zero-order valence-electron chi connectivity index (χ0n) is 9.51. The number of nitrogens with zero attached hydrogens (tertiary/aromatic N) is 4. The van der Waals surface area contributed by atoms with E-state index in [-0.39, 0.29) is 0 Å². The molecule has 0 aliphatic carbocycles. The van der Waals surface area contributed by atoms with E-state index in [1.54, 1.807) is 12.4 Å². The molecule has 0 unspecified atom stereocenters. The summed E-state index contributed by atoms with van der Waals surface area (Å²) in [5, 5.41) is 1.17. The molecule has 0 fully saturated rings. The number of hydrogen-bond acceptors (Lipinski definition) is 5.